The minimum absolute atomic E-state index is 0.237. The fourth-order valence-electron chi connectivity index (χ4n) is 1.73. The Hall–Kier alpha value is -1.51. The lowest BCUT2D eigenvalue weighted by Crippen LogP contribution is -2.33. The van der Waals surface area contributed by atoms with Crippen molar-refractivity contribution in [3.8, 4) is 0 Å². The highest BCUT2D eigenvalue weighted by molar-refractivity contribution is 5.63. The summed E-state index contributed by atoms with van der Waals surface area (Å²) >= 11 is 0. The first-order chi connectivity index (χ1) is 8.54. The summed E-state index contributed by atoms with van der Waals surface area (Å²) in [7, 11) is 0. The molecule has 5 N–H and O–H groups in total. The number of rotatable bonds is 3. The van der Waals surface area contributed by atoms with Crippen LogP contribution in [0.15, 0.2) is 6.33 Å². The average molecular weight is 258 g/mol. The Morgan fingerprint density at radius 3 is 2.89 bits per heavy atom. The molecule has 0 amide bonds. The van der Waals surface area contributed by atoms with Gasteiger partial charge in [-0.05, 0) is 6.92 Å². The second-order valence-corrected chi connectivity index (χ2v) is 4.08. The number of hydrogen-bond donors (Lipinski definition) is 4. The molecule has 0 unspecified atom stereocenters. The number of alkyl halides is 1. The third-order valence-corrected chi connectivity index (χ3v) is 2.86. The Kier molecular flexibility index (Phi) is 3.60. The van der Waals surface area contributed by atoms with Gasteiger partial charge in [0.15, 0.2) is 18.2 Å². The summed E-state index contributed by atoms with van der Waals surface area (Å²) in [6.07, 6.45) is -3.82. The number of aryl methyl sites for hydroxylation is 1. The van der Waals surface area contributed by atoms with Gasteiger partial charge in [-0.3, -0.25) is 0 Å². The van der Waals surface area contributed by atoms with Crippen LogP contribution >= 0.6 is 0 Å². The number of nitrogens with two attached hydrogens (primary N) is 1. The van der Waals surface area contributed by atoms with Crippen molar-refractivity contribution >= 4 is 11.5 Å². The standard InChI is InChI=1S/C10H15FN4O3/c1-4-7(12)9(14-3-13-4)15-10-6(11)8(17)5(2-16)18-10/h3,5-6,8,10,16-17H,2,12H2,1H3,(H,13,14,15)/t5-,6-,8-,10-/m1/s1. The maximum atomic E-state index is 13.7. The van der Waals surface area contributed by atoms with Crippen LogP contribution in [0.2, 0.25) is 0 Å². The van der Waals surface area contributed by atoms with Gasteiger partial charge in [-0.25, -0.2) is 14.4 Å². The smallest absolute Gasteiger partial charge is 0.173 e. The number of aliphatic hydroxyl groups is 2. The molecule has 2 rings (SSSR count). The molecule has 0 aliphatic carbocycles. The van der Waals surface area contributed by atoms with E-state index in [-0.39, 0.29) is 11.5 Å². The number of anilines is 2. The van der Waals surface area contributed by atoms with Gasteiger partial charge in [0.1, 0.15) is 18.5 Å². The summed E-state index contributed by atoms with van der Waals surface area (Å²) in [6, 6.07) is 0. The molecule has 0 saturated carbocycles. The van der Waals surface area contributed by atoms with Crippen LogP contribution in [0.1, 0.15) is 5.69 Å². The van der Waals surface area contributed by atoms with E-state index >= 15 is 0 Å². The zero-order valence-electron chi connectivity index (χ0n) is 9.75. The fraction of sp³-hybridized carbons (Fsp3) is 0.600. The van der Waals surface area contributed by atoms with Crippen molar-refractivity contribution in [3.05, 3.63) is 12.0 Å². The monoisotopic (exact) mass is 258 g/mol. The van der Waals surface area contributed by atoms with E-state index in [0.29, 0.717) is 5.69 Å². The highest BCUT2D eigenvalue weighted by atomic mass is 19.1. The SMILES string of the molecule is Cc1ncnc(N[C@@H]2O[C@H](CO)[C@@H](O)[C@H]2F)c1N. The molecule has 100 valence electrons. The lowest BCUT2D eigenvalue weighted by atomic mass is 10.1. The Balaban J connectivity index is 2.13. The molecular weight excluding hydrogens is 243 g/mol. The van der Waals surface area contributed by atoms with Gasteiger partial charge >= 0.3 is 0 Å². The van der Waals surface area contributed by atoms with Crippen molar-refractivity contribution in [2.45, 2.75) is 31.5 Å². The molecule has 2 heterocycles. The van der Waals surface area contributed by atoms with Gasteiger partial charge in [0.2, 0.25) is 0 Å². The number of aromatic nitrogens is 2. The van der Waals surface area contributed by atoms with E-state index < -0.39 is 31.2 Å². The number of aliphatic hydroxyl groups excluding tert-OH is 2. The lowest BCUT2D eigenvalue weighted by Gasteiger charge is -2.17. The van der Waals surface area contributed by atoms with Crippen molar-refractivity contribution in [2.24, 2.45) is 0 Å². The second kappa shape index (κ2) is 5.01. The number of halogens is 1. The zero-order valence-corrected chi connectivity index (χ0v) is 9.75. The molecular formula is C10H15FN4O3. The Morgan fingerprint density at radius 1 is 1.56 bits per heavy atom. The van der Waals surface area contributed by atoms with E-state index in [4.69, 9.17) is 15.6 Å². The molecule has 1 aromatic heterocycles. The average Bonchev–Trinajstić information content (AvgIpc) is 2.63. The van der Waals surface area contributed by atoms with Gasteiger partial charge in [-0.15, -0.1) is 0 Å². The molecule has 1 aliphatic rings. The first-order valence-corrected chi connectivity index (χ1v) is 5.46. The number of nitrogens with zero attached hydrogens (tertiary/aromatic N) is 2. The van der Waals surface area contributed by atoms with Crippen molar-refractivity contribution in [2.75, 3.05) is 17.7 Å². The maximum absolute atomic E-state index is 13.7. The van der Waals surface area contributed by atoms with Crippen LogP contribution in [0.25, 0.3) is 0 Å². The van der Waals surface area contributed by atoms with E-state index in [0.717, 1.165) is 0 Å². The number of nitrogens with one attached hydrogen (secondary N) is 1. The van der Waals surface area contributed by atoms with E-state index in [1.54, 1.807) is 6.92 Å². The minimum Gasteiger partial charge on any atom is -0.394 e. The van der Waals surface area contributed by atoms with Crippen molar-refractivity contribution in [3.63, 3.8) is 0 Å². The number of hydrogen-bond acceptors (Lipinski definition) is 7. The summed E-state index contributed by atoms with van der Waals surface area (Å²) in [4.78, 5) is 7.75. The summed E-state index contributed by atoms with van der Waals surface area (Å²) < 4.78 is 18.8. The number of nitrogen functional groups attached to an aromatic ring is 1. The third kappa shape index (κ3) is 2.22. The molecule has 0 aromatic carbocycles. The second-order valence-electron chi connectivity index (χ2n) is 4.08. The van der Waals surface area contributed by atoms with E-state index in [2.05, 4.69) is 15.3 Å². The van der Waals surface area contributed by atoms with Crippen LogP contribution < -0.4 is 11.1 Å². The molecule has 1 saturated heterocycles. The first kappa shape index (κ1) is 12.9. The Bertz CT molecular complexity index is 434. The van der Waals surface area contributed by atoms with E-state index in [1.807, 2.05) is 0 Å². The zero-order chi connectivity index (χ0) is 13.3. The Labute approximate surface area is 103 Å². The van der Waals surface area contributed by atoms with Gasteiger partial charge in [0, 0.05) is 0 Å². The fourth-order valence-corrected chi connectivity index (χ4v) is 1.73. The normalized spacial score (nSPS) is 31.6. The predicted molar refractivity (Wildman–Crippen MR) is 61.5 cm³/mol. The summed E-state index contributed by atoms with van der Waals surface area (Å²) in [5.74, 6) is 0.237. The molecule has 0 spiro atoms. The quantitative estimate of drug-likeness (QED) is 0.561. The molecule has 8 heteroatoms. The van der Waals surface area contributed by atoms with Crippen molar-refractivity contribution in [1.29, 1.82) is 0 Å². The molecule has 0 radical (unpaired) electrons. The van der Waals surface area contributed by atoms with Crippen LogP contribution in [-0.2, 0) is 4.74 Å². The van der Waals surface area contributed by atoms with Gasteiger partial charge in [0.05, 0.1) is 18.0 Å². The van der Waals surface area contributed by atoms with Gasteiger partial charge in [-0.2, -0.15) is 0 Å². The maximum Gasteiger partial charge on any atom is 0.173 e. The van der Waals surface area contributed by atoms with Gasteiger partial charge in [-0.1, -0.05) is 0 Å². The van der Waals surface area contributed by atoms with Crippen LogP contribution in [-0.4, -0.2) is 51.4 Å². The van der Waals surface area contributed by atoms with Crippen molar-refractivity contribution < 1.29 is 19.3 Å². The van der Waals surface area contributed by atoms with Crippen LogP contribution in [0.4, 0.5) is 15.9 Å². The number of ether oxygens (including phenoxy) is 1. The molecule has 1 fully saturated rings. The first-order valence-electron chi connectivity index (χ1n) is 5.46. The topological polar surface area (TPSA) is 114 Å². The summed E-state index contributed by atoms with van der Waals surface area (Å²) in [6.45, 7) is 1.23. The Morgan fingerprint density at radius 2 is 2.28 bits per heavy atom. The molecule has 18 heavy (non-hydrogen) atoms. The van der Waals surface area contributed by atoms with E-state index in [1.165, 1.54) is 6.33 Å². The molecule has 1 aliphatic heterocycles. The van der Waals surface area contributed by atoms with Gasteiger partial charge < -0.3 is 26.0 Å². The summed E-state index contributed by atoms with van der Waals surface area (Å²) in [5, 5.41) is 21.0. The largest absolute Gasteiger partial charge is 0.394 e. The minimum atomic E-state index is -1.67. The highest BCUT2D eigenvalue weighted by Gasteiger charge is 2.44. The molecule has 7 nitrogen and oxygen atoms in total. The van der Waals surface area contributed by atoms with Crippen LogP contribution in [0.3, 0.4) is 0 Å². The molecule has 4 atom stereocenters. The molecule has 0 bridgehead atoms. The predicted octanol–water partition coefficient (Wildman–Crippen LogP) is -0.805. The van der Waals surface area contributed by atoms with Crippen LogP contribution in [0.5, 0.6) is 0 Å². The molecule has 1 aromatic rings. The van der Waals surface area contributed by atoms with Crippen molar-refractivity contribution in [1.82, 2.24) is 9.97 Å². The van der Waals surface area contributed by atoms with E-state index in [9.17, 15) is 9.50 Å². The van der Waals surface area contributed by atoms with Crippen LogP contribution in [0, 0.1) is 6.92 Å². The van der Waals surface area contributed by atoms with Gasteiger partial charge in [0.25, 0.3) is 0 Å². The lowest BCUT2D eigenvalue weighted by molar-refractivity contribution is -0.0150. The summed E-state index contributed by atoms with van der Waals surface area (Å²) in [5.41, 5.74) is 6.57. The highest BCUT2D eigenvalue weighted by Crippen LogP contribution is 2.27. The third-order valence-electron chi connectivity index (χ3n) is 2.86.